The zero-order valence-electron chi connectivity index (χ0n) is 13.6. The number of sulfonamides is 1. The van der Waals surface area contributed by atoms with Crippen LogP contribution in [0, 0.1) is 13.8 Å². The molecule has 1 saturated heterocycles. The number of benzene rings is 1. The van der Waals surface area contributed by atoms with Crippen molar-refractivity contribution >= 4 is 21.8 Å². The van der Waals surface area contributed by atoms with Gasteiger partial charge < -0.3 is 4.57 Å². The van der Waals surface area contributed by atoms with Crippen LogP contribution in [0.1, 0.15) is 29.2 Å². The first kappa shape index (κ1) is 16.5. The Balaban J connectivity index is 1.96. The first-order valence-electron chi connectivity index (χ1n) is 7.67. The lowest BCUT2D eigenvalue weighted by atomic mass is 10.1. The number of thioether (sulfide) groups is 1. The van der Waals surface area contributed by atoms with Gasteiger partial charge in [0.15, 0.2) is 5.03 Å². The van der Waals surface area contributed by atoms with Crippen molar-refractivity contribution < 1.29 is 8.42 Å². The number of imidazole rings is 1. The molecule has 0 N–H and O–H groups in total. The van der Waals surface area contributed by atoms with E-state index in [1.807, 2.05) is 49.6 Å². The van der Waals surface area contributed by atoms with E-state index in [1.54, 1.807) is 22.3 Å². The van der Waals surface area contributed by atoms with Gasteiger partial charge in [-0.25, -0.2) is 13.4 Å². The summed E-state index contributed by atoms with van der Waals surface area (Å²) in [6.45, 7) is 7.07. The normalized spacial score (nSPS) is 19.3. The summed E-state index contributed by atoms with van der Waals surface area (Å²) >= 11 is 1.66. The number of nitrogens with zero attached hydrogens (tertiary/aromatic N) is 3. The summed E-state index contributed by atoms with van der Waals surface area (Å²) in [4.78, 5) is 4.26. The molecule has 0 spiro atoms. The number of aromatic nitrogens is 2. The third-order valence-electron chi connectivity index (χ3n) is 4.08. The van der Waals surface area contributed by atoms with Crippen LogP contribution in [-0.4, -0.2) is 34.6 Å². The molecule has 0 amide bonds. The fourth-order valence-corrected chi connectivity index (χ4v) is 5.98. The molecule has 3 rings (SSSR count). The third kappa shape index (κ3) is 3.05. The molecule has 1 aromatic heterocycles. The standard InChI is InChI=1S/C16H21N3O2S2/c1-4-18-11-15(17-13(18)3)23(20,21)19-9-10-22-16(19)14-7-5-12(2)6-8-14/h5-8,11,16H,4,9-10H2,1-3H3. The van der Waals surface area contributed by atoms with Gasteiger partial charge in [0.05, 0.1) is 5.37 Å². The van der Waals surface area contributed by atoms with Crippen LogP contribution in [0.25, 0.3) is 0 Å². The minimum atomic E-state index is -3.58. The molecule has 0 saturated carbocycles. The van der Waals surface area contributed by atoms with E-state index in [0.29, 0.717) is 13.1 Å². The lowest BCUT2D eigenvalue weighted by Gasteiger charge is -2.22. The van der Waals surface area contributed by atoms with Gasteiger partial charge in [-0.3, -0.25) is 0 Å². The molecule has 23 heavy (non-hydrogen) atoms. The van der Waals surface area contributed by atoms with Crippen molar-refractivity contribution in [1.29, 1.82) is 0 Å². The van der Waals surface area contributed by atoms with Gasteiger partial charge in [0.2, 0.25) is 0 Å². The lowest BCUT2D eigenvalue weighted by molar-refractivity contribution is 0.432. The minimum absolute atomic E-state index is 0.150. The highest BCUT2D eigenvalue weighted by Gasteiger charge is 2.38. The molecule has 0 bridgehead atoms. The summed E-state index contributed by atoms with van der Waals surface area (Å²) in [5, 5.41) is -0.0239. The van der Waals surface area contributed by atoms with Crippen LogP contribution >= 0.6 is 11.8 Å². The summed E-state index contributed by atoms with van der Waals surface area (Å²) < 4.78 is 29.4. The van der Waals surface area contributed by atoms with E-state index >= 15 is 0 Å². The van der Waals surface area contributed by atoms with E-state index in [0.717, 1.165) is 17.1 Å². The van der Waals surface area contributed by atoms with Crippen LogP contribution in [0.5, 0.6) is 0 Å². The maximum atomic E-state index is 13.0. The monoisotopic (exact) mass is 351 g/mol. The zero-order valence-corrected chi connectivity index (χ0v) is 15.2. The Bertz CT molecular complexity index is 797. The van der Waals surface area contributed by atoms with Crippen molar-refractivity contribution in [3.05, 3.63) is 47.4 Å². The van der Waals surface area contributed by atoms with Crippen LogP contribution in [0.4, 0.5) is 0 Å². The fourth-order valence-electron chi connectivity index (χ4n) is 2.74. The van der Waals surface area contributed by atoms with E-state index in [1.165, 1.54) is 5.56 Å². The Morgan fingerprint density at radius 1 is 1.26 bits per heavy atom. The van der Waals surface area contributed by atoms with Crippen LogP contribution in [0.3, 0.4) is 0 Å². The molecule has 1 unspecified atom stereocenters. The first-order valence-corrected chi connectivity index (χ1v) is 10.2. The number of rotatable bonds is 4. The van der Waals surface area contributed by atoms with Gasteiger partial charge in [-0.05, 0) is 26.3 Å². The topological polar surface area (TPSA) is 55.2 Å². The van der Waals surface area contributed by atoms with Crippen LogP contribution in [0.15, 0.2) is 35.5 Å². The zero-order chi connectivity index (χ0) is 16.6. The van der Waals surface area contributed by atoms with Crippen molar-refractivity contribution in [2.75, 3.05) is 12.3 Å². The Hall–Kier alpha value is -1.31. The van der Waals surface area contributed by atoms with E-state index in [9.17, 15) is 8.42 Å². The third-order valence-corrected chi connectivity index (χ3v) is 7.21. The molecule has 5 nitrogen and oxygen atoms in total. The number of hydrogen-bond donors (Lipinski definition) is 0. The van der Waals surface area contributed by atoms with Crippen molar-refractivity contribution in [2.45, 2.75) is 37.7 Å². The van der Waals surface area contributed by atoms with Gasteiger partial charge in [0, 0.05) is 25.0 Å². The van der Waals surface area contributed by atoms with Gasteiger partial charge in [0.25, 0.3) is 10.0 Å². The van der Waals surface area contributed by atoms with Crippen molar-refractivity contribution in [1.82, 2.24) is 13.9 Å². The molecule has 124 valence electrons. The van der Waals surface area contributed by atoms with Crippen LogP contribution < -0.4 is 0 Å². The second-order valence-electron chi connectivity index (χ2n) is 5.66. The van der Waals surface area contributed by atoms with E-state index in [2.05, 4.69) is 4.98 Å². The summed E-state index contributed by atoms with van der Waals surface area (Å²) in [5.41, 5.74) is 2.19. The fraction of sp³-hybridized carbons (Fsp3) is 0.438. The maximum absolute atomic E-state index is 13.0. The largest absolute Gasteiger partial charge is 0.334 e. The minimum Gasteiger partial charge on any atom is -0.334 e. The highest BCUT2D eigenvalue weighted by molar-refractivity contribution is 8.00. The van der Waals surface area contributed by atoms with Crippen LogP contribution in [0.2, 0.25) is 0 Å². The second-order valence-corrected chi connectivity index (χ2v) is 8.69. The summed E-state index contributed by atoms with van der Waals surface area (Å²) in [5.74, 6) is 1.52. The van der Waals surface area contributed by atoms with Gasteiger partial charge in [-0.2, -0.15) is 4.31 Å². The van der Waals surface area contributed by atoms with Crippen molar-refractivity contribution in [2.24, 2.45) is 0 Å². The number of hydrogen-bond acceptors (Lipinski definition) is 4. The highest BCUT2D eigenvalue weighted by Crippen LogP contribution is 2.41. The molecular weight excluding hydrogens is 330 g/mol. The molecule has 2 heterocycles. The molecule has 1 aromatic carbocycles. The van der Waals surface area contributed by atoms with Crippen molar-refractivity contribution in [3.63, 3.8) is 0 Å². The Labute approximate surface area is 141 Å². The van der Waals surface area contributed by atoms with Gasteiger partial charge in [-0.1, -0.05) is 29.8 Å². The molecule has 1 atom stereocenters. The first-order chi connectivity index (χ1) is 10.9. The molecule has 1 fully saturated rings. The molecule has 0 aliphatic carbocycles. The predicted octanol–water partition coefficient (Wildman–Crippen LogP) is 2.96. The highest BCUT2D eigenvalue weighted by atomic mass is 32.2. The van der Waals surface area contributed by atoms with Crippen molar-refractivity contribution in [3.8, 4) is 0 Å². The summed E-state index contributed by atoms with van der Waals surface area (Å²) in [6, 6.07) is 8.07. The van der Waals surface area contributed by atoms with Gasteiger partial charge >= 0.3 is 0 Å². The summed E-state index contributed by atoms with van der Waals surface area (Å²) in [6.07, 6.45) is 1.64. The van der Waals surface area contributed by atoms with E-state index in [-0.39, 0.29) is 10.4 Å². The second kappa shape index (κ2) is 6.30. The Morgan fingerprint density at radius 2 is 1.96 bits per heavy atom. The molecule has 2 aromatic rings. The molecule has 1 aliphatic heterocycles. The lowest BCUT2D eigenvalue weighted by Crippen LogP contribution is -2.30. The molecule has 1 aliphatic rings. The molecule has 7 heteroatoms. The Kier molecular flexibility index (Phi) is 4.53. The van der Waals surface area contributed by atoms with E-state index in [4.69, 9.17) is 0 Å². The summed E-state index contributed by atoms with van der Waals surface area (Å²) in [7, 11) is -3.58. The van der Waals surface area contributed by atoms with Crippen LogP contribution in [-0.2, 0) is 16.6 Å². The quantitative estimate of drug-likeness (QED) is 0.850. The van der Waals surface area contributed by atoms with Gasteiger partial charge in [0.1, 0.15) is 5.82 Å². The average Bonchev–Trinajstić information content (AvgIpc) is 3.15. The number of aryl methyl sites for hydroxylation is 3. The predicted molar refractivity (Wildman–Crippen MR) is 92.9 cm³/mol. The molecular formula is C16H21N3O2S2. The Morgan fingerprint density at radius 3 is 2.57 bits per heavy atom. The smallest absolute Gasteiger partial charge is 0.263 e. The van der Waals surface area contributed by atoms with E-state index < -0.39 is 10.0 Å². The average molecular weight is 351 g/mol. The van der Waals surface area contributed by atoms with Gasteiger partial charge in [-0.15, -0.1) is 11.8 Å². The SMILES string of the molecule is CCn1cc(S(=O)(=O)N2CCSC2c2ccc(C)cc2)nc1C. The maximum Gasteiger partial charge on any atom is 0.263 e. The molecule has 0 radical (unpaired) electrons.